The molecule has 0 spiro atoms. The molecule has 2 aromatic rings. The highest BCUT2D eigenvalue weighted by Crippen LogP contribution is 2.30. The van der Waals surface area contributed by atoms with Crippen LogP contribution in [0.5, 0.6) is 0 Å². The third-order valence-corrected chi connectivity index (χ3v) is 4.96. The highest BCUT2D eigenvalue weighted by Gasteiger charge is 2.23. The van der Waals surface area contributed by atoms with Gasteiger partial charge in [0.25, 0.3) is 5.91 Å². The number of carbonyl (C=O) groups is 2. The molecule has 0 aliphatic carbocycles. The third-order valence-electron chi connectivity index (χ3n) is 4.39. The molecule has 1 N–H and O–H groups in total. The van der Waals surface area contributed by atoms with Gasteiger partial charge in [-0.25, -0.2) is 0 Å². The molecule has 6 heteroatoms. The minimum absolute atomic E-state index is 0.0157. The molecule has 0 saturated heterocycles. The summed E-state index contributed by atoms with van der Waals surface area (Å²) in [6, 6.07) is 10.4. The quantitative estimate of drug-likeness (QED) is 0.862. The third kappa shape index (κ3) is 3.65. The number of halogens is 2. The molecule has 130 valence electrons. The fourth-order valence-electron chi connectivity index (χ4n) is 3.08. The molecule has 1 heterocycles. The van der Waals surface area contributed by atoms with E-state index in [0.717, 1.165) is 23.2 Å². The Kier molecular flexibility index (Phi) is 5.02. The van der Waals surface area contributed by atoms with E-state index in [-0.39, 0.29) is 17.9 Å². The summed E-state index contributed by atoms with van der Waals surface area (Å²) in [5.74, 6) is -0.162. The summed E-state index contributed by atoms with van der Waals surface area (Å²) in [5.41, 5.74) is 3.28. The lowest BCUT2D eigenvalue weighted by Gasteiger charge is -2.17. The van der Waals surface area contributed by atoms with Crippen LogP contribution in [-0.2, 0) is 11.2 Å². The zero-order chi connectivity index (χ0) is 18.1. The number of nitrogens with zero attached hydrogens (tertiary/aromatic N) is 1. The summed E-state index contributed by atoms with van der Waals surface area (Å²) in [4.78, 5) is 25.9. The summed E-state index contributed by atoms with van der Waals surface area (Å²) in [7, 11) is 0. The smallest absolute Gasteiger partial charge is 0.251 e. The average molecular weight is 377 g/mol. The van der Waals surface area contributed by atoms with Crippen molar-refractivity contribution in [2.45, 2.75) is 26.3 Å². The van der Waals surface area contributed by atoms with Crippen LogP contribution in [-0.4, -0.2) is 18.4 Å². The largest absolute Gasteiger partial charge is 0.345 e. The fourth-order valence-corrected chi connectivity index (χ4v) is 3.65. The molecule has 3 rings (SSSR count). The number of hydrogen-bond donors (Lipinski definition) is 1. The Hall–Kier alpha value is -2.04. The van der Waals surface area contributed by atoms with Gasteiger partial charge in [-0.1, -0.05) is 29.3 Å². The van der Waals surface area contributed by atoms with Crippen LogP contribution >= 0.6 is 23.2 Å². The molecule has 4 nitrogen and oxygen atoms in total. The molecular weight excluding hydrogens is 359 g/mol. The first-order valence-corrected chi connectivity index (χ1v) is 8.79. The van der Waals surface area contributed by atoms with Crippen LogP contribution in [0.2, 0.25) is 10.0 Å². The van der Waals surface area contributed by atoms with E-state index in [1.807, 2.05) is 25.1 Å². The minimum atomic E-state index is -0.251. The van der Waals surface area contributed by atoms with Gasteiger partial charge in [0.2, 0.25) is 5.91 Å². The number of amides is 2. The Bertz CT molecular complexity index is 851. The minimum Gasteiger partial charge on any atom is -0.345 e. The maximum Gasteiger partial charge on any atom is 0.251 e. The van der Waals surface area contributed by atoms with Crippen LogP contribution in [0.15, 0.2) is 36.4 Å². The van der Waals surface area contributed by atoms with Gasteiger partial charge in [0, 0.05) is 34.8 Å². The van der Waals surface area contributed by atoms with Crippen LogP contribution in [0, 0.1) is 0 Å². The molecule has 1 unspecified atom stereocenters. The Labute approximate surface area is 156 Å². The fraction of sp³-hybridized carbons (Fsp3) is 0.263. The zero-order valence-electron chi connectivity index (χ0n) is 14.0. The second-order valence-electron chi connectivity index (χ2n) is 6.13. The molecule has 1 atom stereocenters. The molecule has 0 bridgehead atoms. The highest BCUT2D eigenvalue weighted by molar-refractivity contribution is 6.35. The number of benzene rings is 2. The average Bonchev–Trinajstić information content (AvgIpc) is 2.97. The van der Waals surface area contributed by atoms with Crippen LogP contribution in [0.4, 0.5) is 5.69 Å². The van der Waals surface area contributed by atoms with E-state index in [0.29, 0.717) is 22.2 Å². The monoisotopic (exact) mass is 376 g/mol. The second-order valence-corrected chi connectivity index (χ2v) is 6.97. The lowest BCUT2D eigenvalue weighted by atomic mass is 10.1. The van der Waals surface area contributed by atoms with Crippen LogP contribution in [0.1, 0.15) is 41.4 Å². The predicted molar refractivity (Wildman–Crippen MR) is 101 cm³/mol. The van der Waals surface area contributed by atoms with Crippen molar-refractivity contribution in [3.8, 4) is 0 Å². The first kappa shape index (κ1) is 17.8. The highest BCUT2D eigenvalue weighted by atomic mass is 35.5. The van der Waals surface area contributed by atoms with Crippen molar-refractivity contribution in [3.63, 3.8) is 0 Å². The summed E-state index contributed by atoms with van der Waals surface area (Å²) in [6.07, 6.45) is 0.759. The summed E-state index contributed by atoms with van der Waals surface area (Å²) in [6.45, 7) is 4.08. The summed E-state index contributed by atoms with van der Waals surface area (Å²) in [5, 5.41) is 4.03. The Morgan fingerprint density at radius 2 is 1.92 bits per heavy atom. The first-order chi connectivity index (χ1) is 11.9. The van der Waals surface area contributed by atoms with Gasteiger partial charge in [0.1, 0.15) is 0 Å². The molecule has 0 saturated carbocycles. The van der Waals surface area contributed by atoms with Crippen LogP contribution < -0.4 is 10.2 Å². The summed E-state index contributed by atoms with van der Waals surface area (Å²) < 4.78 is 0. The molecule has 2 aromatic carbocycles. The van der Waals surface area contributed by atoms with Crippen LogP contribution in [0.25, 0.3) is 0 Å². The van der Waals surface area contributed by atoms with Crippen molar-refractivity contribution in [1.82, 2.24) is 5.32 Å². The van der Waals surface area contributed by atoms with Gasteiger partial charge in [-0.2, -0.15) is 0 Å². The lowest BCUT2D eigenvalue weighted by molar-refractivity contribution is -0.116. The van der Waals surface area contributed by atoms with Crippen molar-refractivity contribution in [3.05, 3.63) is 63.1 Å². The zero-order valence-corrected chi connectivity index (χ0v) is 15.5. The van der Waals surface area contributed by atoms with Gasteiger partial charge >= 0.3 is 0 Å². The van der Waals surface area contributed by atoms with Gasteiger partial charge in [-0.3, -0.25) is 9.59 Å². The second kappa shape index (κ2) is 7.06. The number of rotatable bonds is 3. The molecule has 1 aliphatic heterocycles. The number of fused-ring (bicyclic) bond motifs is 1. The number of carbonyl (C=O) groups excluding carboxylic acids is 2. The number of anilines is 1. The van der Waals surface area contributed by atoms with Gasteiger partial charge in [-0.15, -0.1) is 0 Å². The van der Waals surface area contributed by atoms with Gasteiger partial charge < -0.3 is 10.2 Å². The number of hydrogen-bond acceptors (Lipinski definition) is 2. The van der Waals surface area contributed by atoms with E-state index in [1.54, 1.807) is 30.0 Å². The maximum atomic E-state index is 12.6. The van der Waals surface area contributed by atoms with Crippen molar-refractivity contribution < 1.29 is 9.59 Å². The van der Waals surface area contributed by atoms with E-state index in [2.05, 4.69) is 5.32 Å². The predicted octanol–water partition coefficient (Wildman–Crippen LogP) is 4.39. The van der Waals surface area contributed by atoms with Crippen molar-refractivity contribution in [2.75, 3.05) is 11.4 Å². The van der Waals surface area contributed by atoms with E-state index in [4.69, 9.17) is 23.2 Å². The number of nitrogens with one attached hydrogen (secondary N) is 1. The first-order valence-electron chi connectivity index (χ1n) is 8.03. The van der Waals surface area contributed by atoms with E-state index < -0.39 is 0 Å². The molecule has 0 fully saturated rings. The van der Waals surface area contributed by atoms with E-state index in [9.17, 15) is 9.59 Å². The molecule has 0 aromatic heterocycles. The maximum absolute atomic E-state index is 12.6. The van der Waals surface area contributed by atoms with Crippen molar-refractivity contribution in [2.24, 2.45) is 0 Å². The Morgan fingerprint density at radius 3 is 2.60 bits per heavy atom. The lowest BCUT2D eigenvalue weighted by Crippen LogP contribution is -2.27. The molecule has 0 radical (unpaired) electrons. The van der Waals surface area contributed by atoms with Crippen molar-refractivity contribution in [1.29, 1.82) is 0 Å². The van der Waals surface area contributed by atoms with Gasteiger partial charge in [-0.05, 0) is 54.8 Å². The Morgan fingerprint density at radius 1 is 1.16 bits per heavy atom. The SMILES string of the molecule is CC(=O)N1CCc2cc(C(=O)NC(C)c3ccc(Cl)cc3Cl)ccc21. The standard InChI is InChI=1S/C19H18Cl2N2O2/c1-11(16-5-4-15(20)10-17(16)21)22-19(25)14-3-6-18-13(9-14)7-8-23(18)12(2)24/h3-6,9-11H,7-8H2,1-2H3,(H,22,25). The summed E-state index contributed by atoms with van der Waals surface area (Å²) >= 11 is 12.1. The van der Waals surface area contributed by atoms with Gasteiger partial charge in [0.15, 0.2) is 0 Å². The van der Waals surface area contributed by atoms with Crippen LogP contribution in [0.3, 0.4) is 0 Å². The van der Waals surface area contributed by atoms with E-state index >= 15 is 0 Å². The Balaban J connectivity index is 1.77. The molecule has 1 aliphatic rings. The molecule has 25 heavy (non-hydrogen) atoms. The topological polar surface area (TPSA) is 49.4 Å². The van der Waals surface area contributed by atoms with Gasteiger partial charge in [0.05, 0.1) is 6.04 Å². The van der Waals surface area contributed by atoms with E-state index in [1.165, 1.54) is 0 Å². The molecule has 2 amide bonds. The molecular formula is C19H18Cl2N2O2. The normalized spacial score (nSPS) is 14.2. The van der Waals surface area contributed by atoms with Crippen molar-refractivity contribution >= 4 is 40.7 Å².